The highest BCUT2D eigenvalue weighted by molar-refractivity contribution is 6.29. The van der Waals surface area contributed by atoms with Crippen molar-refractivity contribution in [3.05, 3.63) is 28.5 Å². The van der Waals surface area contributed by atoms with Crippen LogP contribution in [0.2, 0.25) is 5.15 Å². The summed E-state index contributed by atoms with van der Waals surface area (Å²) in [5, 5.41) is 3.30. The third-order valence-electron chi connectivity index (χ3n) is 3.19. The summed E-state index contributed by atoms with van der Waals surface area (Å²) in [7, 11) is 0. The van der Waals surface area contributed by atoms with Gasteiger partial charge in [0.2, 0.25) is 0 Å². The third kappa shape index (κ3) is 4.30. The van der Waals surface area contributed by atoms with E-state index in [4.69, 9.17) is 11.6 Å². The van der Waals surface area contributed by atoms with Gasteiger partial charge in [-0.15, -0.1) is 0 Å². The average Bonchev–Trinajstić information content (AvgIpc) is 2.34. The molecule has 18 heavy (non-hydrogen) atoms. The Morgan fingerprint density at radius 1 is 1.39 bits per heavy atom. The lowest BCUT2D eigenvalue weighted by Gasteiger charge is -2.16. The molecule has 100 valence electrons. The Morgan fingerprint density at radius 3 is 2.61 bits per heavy atom. The minimum atomic E-state index is -0.0819. The highest BCUT2D eigenvalue weighted by Gasteiger charge is 2.12. The molecule has 3 nitrogen and oxygen atoms in total. The highest BCUT2D eigenvalue weighted by atomic mass is 35.5. The number of rotatable bonds is 5. The first kappa shape index (κ1) is 15.0. The number of pyridine rings is 1. The Morgan fingerprint density at radius 2 is 2.06 bits per heavy atom. The first-order valence-corrected chi connectivity index (χ1v) is 6.76. The van der Waals surface area contributed by atoms with Crippen molar-refractivity contribution in [3.63, 3.8) is 0 Å². The number of carbonyl (C=O) groups is 1. The predicted octanol–water partition coefficient (Wildman–Crippen LogP) is 3.32. The van der Waals surface area contributed by atoms with E-state index < -0.39 is 0 Å². The molecule has 1 N–H and O–H groups in total. The number of aromatic nitrogens is 1. The van der Waals surface area contributed by atoms with E-state index in [1.807, 2.05) is 6.92 Å². The number of nitrogens with one attached hydrogen (secondary N) is 1. The van der Waals surface area contributed by atoms with Crippen LogP contribution >= 0.6 is 11.6 Å². The first-order valence-electron chi connectivity index (χ1n) is 6.38. The molecule has 1 amide bonds. The van der Waals surface area contributed by atoms with Gasteiger partial charge in [0.25, 0.3) is 5.91 Å². The molecule has 0 aromatic carbocycles. The topological polar surface area (TPSA) is 42.0 Å². The molecule has 1 unspecified atom stereocenters. The van der Waals surface area contributed by atoms with Crippen LogP contribution in [0.25, 0.3) is 0 Å². The van der Waals surface area contributed by atoms with Crippen molar-refractivity contribution in [2.45, 2.75) is 34.1 Å². The van der Waals surface area contributed by atoms with Gasteiger partial charge in [0, 0.05) is 17.8 Å². The maximum Gasteiger partial charge on any atom is 0.251 e. The maximum absolute atomic E-state index is 12.0. The van der Waals surface area contributed by atoms with E-state index in [9.17, 15) is 4.79 Å². The smallest absolute Gasteiger partial charge is 0.251 e. The average molecular weight is 269 g/mol. The molecule has 0 saturated heterocycles. The molecular formula is C14H21ClN2O. The standard InChI is InChI=1S/C14H21ClN2O/c1-5-12-6-11(7-13(15)17-12)14(18)16-8-10(4)9(2)3/h6-7,9-10H,5,8H2,1-4H3,(H,16,18). The molecule has 4 heteroatoms. The van der Waals surface area contributed by atoms with Gasteiger partial charge >= 0.3 is 0 Å². The van der Waals surface area contributed by atoms with Gasteiger partial charge in [0.05, 0.1) is 0 Å². The van der Waals surface area contributed by atoms with E-state index in [0.717, 1.165) is 12.1 Å². The van der Waals surface area contributed by atoms with Crippen LogP contribution in [0.15, 0.2) is 12.1 Å². The van der Waals surface area contributed by atoms with Crippen LogP contribution in [-0.4, -0.2) is 17.4 Å². The number of hydrogen-bond donors (Lipinski definition) is 1. The van der Waals surface area contributed by atoms with Crippen molar-refractivity contribution < 1.29 is 4.79 Å². The lowest BCUT2D eigenvalue weighted by atomic mass is 9.98. The monoisotopic (exact) mass is 268 g/mol. The zero-order valence-corrected chi connectivity index (χ0v) is 12.2. The second kappa shape index (κ2) is 6.74. The van der Waals surface area contributed by atoms with Crippen molar-refractivity contribution in [2.24, 2.45) is 11.8 Å². The molecule has 0 aliphatic heterocycles. The Hall–Kier alpha value is -1.09. The Balaban J connectivity index is 2.69. The summed E-state index contributed by atoms with van der Waals surface area (Å²) in [5.74, 6) is 0.927. The minimum absolute atomic E-state index is 0.0819. The summed E-state index contributed by atoms with van der Waals surface area (Å²) >= 11 is 5.89. The van der Waals surface area contributed by atoms with Crippen LogP contribution in [0, 0.1) is 11.8 Å². The Kier molecular flexibility index (Phi) is 5.60. The molecule has 0 spiro atoms. The zero-order chi connectivity index (χ0) is 13.7. The summed E-state index contributed by atoms with van der Waals surface area (Å²) in [6, 6.07) is 3.40. The molecule has 1 aromatic rings. The molecule has 0 fully saturated rings. The van der Waals surface area contributed by atoms with Gasteiger partial charge in [0.15, 0.2) is 0 Å². The van der Waals surface area contributed by atoms with E-state index >= 15 is 0 Å². The molecule has 0 aliphatic carbocycles. The van der Waals surface area contributed by atoms with E-state index in [1.54, 1.807) is 12.1 Å². The summed E-state index contributed by atoms with van der Waals surface area (Å²) in [5.41, 5.74) is 1.42. The summed E-state index contributed by atoms with van der Waals surface area (Å²) in [6.07, 6.45) is 0.767. The van der Waals surface area contributed by atoms with Gasteiger partial charge in [-0.2, -0.15) is 0 Å². The molecule has 0 saturated carbocycles. The van der Waals surface area contributed by atoms with Crippen molar-refractivity contribution in [1.82, 2.24) is 10.3 Å². The molecule has 1 rings (SSSR count). The van der Waals surface area contributed by atoms with Crippen LogP contribution in [0.5, 0.6) is 0 Å². The normalized spacial score (nSPS) is 12.6. The maximum atomic E-state index is 12.0. The van der Waals surface area contributed by atoms with Gasteiger partial charge in [-0.05, 0) is 30.4 Å². The third-order valence-corrected chi connectivity index (χ3v) is 3.39. The number of halogens is 1. The van der Waals surface area contributed by atoms with Crippen molar-refractivity contribution >= 4 is 17.5 Å². The van der Waals surface area contributed by atoms with E-state index in [0.29, 0.717) is 29.1 Å². The van der Waals surface area contributed by atoms with E-state index in [-0.39, 0.29) is 5.91 Å². The Bertz CT molecular complexity index is 418. The first-order chi connectivity index (χ1) is 8.43. The number of aryl methyl sites for hydroxylation is 1. The van der Waals surface area contributed by atoms with E-state index in [2.05, 4.69) is 31.1 Å². The predicted molar refractivity (Wildman–Crippen MR) is 75.0 cm³/mol. The number of nitrogens with zero attached hydrogens (tertiary/aromatic N) is 1. The molecule has 0 aliphatic rings. The van der Waals surface area contributed by atoms with E-state index in [1.165, 1.54) is 0 Å². The number of amides is 1. The fraction of sp³-hybridized carbons (Fsp3) is 0.571. The molecule has 0 bridgehead atoms. The van der Waals surface area contributed by atoms with Gasteiger partial charge in [-0.3, -0.25) is 4.79 Å². The second-order valence-corrected chi connectivity index (χ2v) is 5.34. The largest absolute Gasteiger partial charge is 0.352 e. The van der Waals surface area contributed by atoms with Crippen molar-refractivity contribution in [2.75, 3.05) is 6.54 Å². The van der Waals surface area contributed by atoms with Gasteiger partial charge < -0.3 is 5.32 Å². The fourth-order valence-electron chi connectivity index (χ4n) is 1.45. The Labute approximate surface area is 114 Å². The van der Waals surface area contributed by atoms with Gasteiger partial charge in [-0.1, -0.05) is 39.3 Å². The lowest BCUT2D eigenvalue weighted by Crippen LogP contribution is -2.30. The number of hydrogen-bond acceptors (Lipinski definition) is 2. The molecular weight excluding hydrogens is 248 g/mol. The quantitative estimate of drug-likeness (QED) is 0.833. The fourth-order valence-corrected chi connectivity index (χ4v) is 1.68. The van der Waals surface area contributed by atoms with Crippen LogP contribution in [0.1, 0.15) is 43.7 Å². The second-order valence-electron chi connectivity index (χ2n) is 4.95. The van der Waals surface area contributed by atoms with Gasteiger partial charge in [-0.25, -0.2) is 4.98 Å². The molecule has 0 radical (unpaired) electrons. The van der Waals surface area contributed by atoms with Crippen LogP contribution < -0.4 is 5.32 Å². The SMILES string of the molecule is CCc1cc(C(=O)NCC(C)C(C)C)cc(Cl)n1. The van der Waals surface area contributed by atoms with Crippen molar-refractivity contribution in [3.8, 4) is 0 Å². The van der Waals surface area contributed by atoms with Crippen LogP contribution in [-0.2, 0) is 6.42 Å². The van der Waals surface area contributed by atoms with Crippen molar-refractivity contribution in [1.29, 1.82) is 0 Å². The minimum Gasteiger partial charge on any atom is -0.352 e. The van der Waals surface area contributed by atoms with Crippen LogP contribution in [0.4, 0.5) is 0 Å². The lowest BCUT2D eigenvalue weighted by molar-refractivity contribution is 0.0944. The molecule has 1 atom stereocenters. The summed E-state index contributed by atoms with van der Waals surface area (Å²) in [6.45, 7) is 9.09. The molecule has 1 aromatic heterocycles. The molecule has 1 heterocycles. The highest BCUT2D eigenvalue weighted by Crippen LogP contribution is 2.12. The zero-order valence-electron chi connectivity index (χ0n) is 11.5. The number of carbonyl (C=O) groups excluding carboxylic acids is 1. The summed E-state index contributed by atoms with van der Waals surface area (Å²) in [4.78, 5) is 16.1. The van der Waals surface area contributed by atoms with Crippen LogP contribution in [0.3, 0.4) is 0 Å². The van der Waals surface area contributed by atoms with Gasteiger partial charge in [0.1, 0.15) is 5.15 Å². The summed E-state index contributed by atoms with van der Waals surface area (Å²) < 4.78 is 0.